The van der Waals surface area contributed by atoms with Crippen molar-refractivity contribution in [2.45, 2.75) is 26.8 Å². The van der Waals surface area contributed by atoms with E-state index in [0.717, 1.165) is 15.0 Å². The summed E-state index contributed by atoms with van der Waals surface area (Å²) in [7, 11) is 1.74. The number of hydrogen-bond acceptors (Lipinski definition) is 8. The Balaban J connectivity index is 1.89. The molecule has 0 N–H and O–H groups in total. The Bertz CT molecular complexity index is 1660. The molecule has 32 heavy (non-hydrogen) atoms. The van der Waals surface area contributed by atoms with Crippen molar-refractivity contribution < 1.29 is 4.52 Å². The average molecular weight is 447 g/mol. The van der Waals surface area contributed by atoms with Crippen molar-refractivity contribution in [3.8, 4) is 22.2 Å². The molecule has 11 heteroatoms. The van der Waals surface area contributed by atoms with Crippen molar-refractivity contribution in [2.75, 3.05) is 0 Å². The predicted molar refractivity (Wildman–Crippen MR) is 119 cm³/mol. The van der Waals surface area contributed by atoms with Crippen LogP contribution in [-0.2, 0) is 13.6 Å². The van der Waals surface area contributed by atoms with Crippen LogP contribution in [0.25, 0.3) is 37.2 Å². The summed E-state index contributed by atoms with van der Waals surface area (Å²) in [6, 6.07) is 3.87. The number of rotatable bonds is 4. The van der Waals surface area contributed by atoms with Crippen LogP contribution in [0.1, 0.15) is 17.9 Å². The Kier molecular flexibility index (Phi) is 4.53. The van der Waals surface area contributed by atoms with Gasteiger partial charge in [-0.05, 0) is 19.9 Å². The minimum atomic E-state index is -0.531. The lowest BCUT2D eigenvalue weighted by molar-refractivity contribution is 0.393. The summed E-state index contributed by atoms with van der Waals surface area (Å²) in [5, 5.41) is 18.1. The summed E-state index contributed by atoms with van der Waals surface area (Å²) in [6.45, 7) is 3.78. The highest BCUT2D eigenvalue weighted by Crippen LogP contribution is 2.35. The minimum absolute atomic E-state index is 0.123. The molecule has 0 spiro atoms. The average Bonchev–Trinajstić information content (AvgIpc) is 3.46. The normalized spacial score (nSPS) is 11.4. The highest BCUT2D eigenvalue weighted by atomic mass is 32.1. The van der Waals surface area contributed by atoms with Crippen molar-refractivity contribution in [1.29, 1.82) is 5.26 Å². The van der Waals surface area contributed by atoms with Gasteiger partial charge in [-0.25, -0.2) is 9.36 Å². The van der Waals surface area contributed by atoms with Crippen LogP contribution in [0.3, 0.4) is 0 Å². The Hall–Kier alpha value is -4.04. The van der Waals surface area contributed by atoms with Gasteiger partial charge in [-0.3, -0.25) is 19.0 Å². The molecule has 0 fully saturated rings. The number of pyridine rings is 1. The van der Waals surface area contributed by atoms with Gasteiger partial charge in [0.15, 0.2) is 0 Å². The molecule has 0 aliphatic heterocycles. The lowest BCUT2D eigenvalue weighted by Crippen LogP contribution is -2.38. The van der Waals surface area contributed by atoms with E-state index in [0.29, 0.717) is 38.3 Å². The van der Waals surface area contributed by atoms with Gasteiger partial charge in [-0.1, -0.05) is 5.16 Å². The van der Waals surface area contributed by atoms with Crippen LogP contribution in [0, 0.1) is 25.2 Å². The lowest BCUT2D eigenvalue weighted by atomic mass is 10.1. The zero-order valence-electron chi connectivity index (χ0n) is 17.5. The SMILES string of the molecule is Cc1noc(C)c1-c1cc2c(s1)c(=O)n(-c1cncc3cnn(C)c13)c(=O)n2CCC#N. The molecule has 0 saturated carbocycles. The summed E-state index contributed by atoms with van der Waals surface area (Å²) in [5.41, 5.74) is 1.96. The third kappa shape index (κ3) is 2.80. The summed E-state index contributed by atoms with van der Waals surface area (Å²) in [5.74, 6) is 0.629. The first-order chi connectivity index (χ1) is 15.4. The molecule has 5 aromatic heterocycles. The molecule has 0 aliphatic rings. The molecule has 0 bridgehead atoms. The summed E-state index contributed by atoms with van der Waals surface area (Å²) in [6.07, 6.45) is 4.86. The van der Waals surface area contributed by atoms with Gasteiger partial charge in [0, 0.05) is 30.1 Å². The van der Waals surface area contributed by atoms with Crippen molar-refractivity contribution >= 4 is 32.5 Å². The molecular formula is C21H17N7O3S. The van der Waals surface area contributed by atoms with Gasteiger partial charge >= 0.3 is 5.69 Å². The quantitative estimate of drug-likeness (QED) is 0.415. The second kappa shape index (κ2) is 7.28. The minimum Gasteiger partial charge on any atom is -0.361 e. The zero-order valence-corrected chi connectivity index (χ0v) is 18.3. The molecule has 5 rings (SSSR count). The zero-order chi connectivity index (χ0) is 22.6. The Morgan fingerprint density at radius 3 is 2.75 bits per heavy atom. The predicted octanol–water partition coefficient (Wildman–Crippen LogP) is 2.68. The van der Waals surface area contributed by atoms with Gasteiger partial charge < -0.3 is 4.52 Å². The van der Waals surface area contributed by atoms with Crippen molar-refractivity contribution in [1.82, 2.24) is 29.1 Å². The van der Waals surface area contributed by atoms with Crippen LogP contribution in [0.15, 0.2) is 38.8 Å². The highest BCUT2D eigenvalue weighted by molar-refractivity contribution is 7.22. The number of nitriles is 1. The van der Waals surface area contributed by atoms with E-state index in [1.54, 1.807) is 37.1 Å². The van der Waals surface area contributed by atoms with E-state index >= 15 is 0 Å². The van der Waals surface area contributed by atoms with Crippen molar-refractivity contribution in [3.05, 3.63) is 56.9 Å². The smallest absolute Gasteiger partial charge is 0.336 e. The van der Waals surface area contributed by atoms with Crippen LogP contribution >= 0.6 is 11.3 Å². The fourth-order valence-corrected chi connectivity index (χ4v) is 5.21. The second-order valence-corrected chi connectivity index (χ2v) is 8.42. The molecule has 0 radical (unpaired) electrons. The van der Waals surface area contributed by atoms with Crippen LogP contribution < -0.4 is 11.2 Å². The maximum atomic E-state index is 13.6. The van der Waals surface area contributed by atoms with Gasteiger partial charge in [0.25, 0.3) is 5.56 Å². The van der Waals surface area contributed by atoms with Gasteiger partial charge in [-0.15, -0.1) is 11.3 Å². The Morgan fingerprint density at radius 1 is 1.22 bits per heavy atom. The molecule has 160 valence electrons. The van der Waals surface area contributed by atoms with Crippen LogP contribution in [0.4, 0.5) is 0 Å². The van der Waals surface area contributed by atoms with Gasteiger partial charge in [0.05, 0.1) is 52.9 Å². The van der Waals surface area contributed by atoms with E-state index in [9.17, 15) is 9.59 Å². The molecule has 0 amide bonds. The van der Waals surface area contributed by atoms with E-state index in [1.807, 2.05) is 6.92 Å². The fourth-order valence-electron chi connectivity index (χ4n) is 3.97. The second-order valence-electron chi connectivity index (χ2n) is 7.37. The third-order valence-electron chi connectivity index (χ3n) is 5.41. The highest BCUT2D eigenvalue weighted by Gasteiger charge is 2.22. The first-order valence-electron chi connectivity index (χ1n) is 9.78. The molecule has 0 aromatic carbocycles. The standard InChI is InChI=1S/C21H17N7O3S/c1-11-17(12(2)31-25-11)16-7-14-19(32-16)20(29)28(21(30)27(14)6-4-5-22)15-10-23-8-13-9-24-26(3)18(13)15/h7-10H,4,6H2,1-3H3. The lowest BCUT2D eigenvalue weighted by Gasteiger charge is -2.12. The van der Waals surface area contributed by atoms with E-state index in [-0.39, 0.29) is 13.0 Å². The molecule has 0 unspecified atom stereocenters. The first kappa shape index (κ1) is 19.9. The van der Waals surface area contributed by atoms with Crippen LogP contribution in [0.5, 0.6) is 0 Å². The largest absolute Gasteiger partial charge is 0.361 e. The van der Waals surface area contributed by atoms with Gasteiger partial charge in [0.2, 0.25) is 0 Å². The maximum Gasteiger partial charge on any atom is 0.336 e. The van der Waals surface area contributed by atoms with Gasteiger partial charge in [-0.2, -0.15) is 10.4 Å². The van der Waals surface area contributed by atoms with Crippen LogP contribution in [-0.4, -0.2) is 29.1 Å². The molecule has 0 saturated heterocycles. The Labute approximate surface area is 184 Å². The first-order valence-corrected chi connectivity index (χ1v) is 10.6. The number of thiophene rings is 1. The number of aryl methyl sites for hydroxylation is 4. The molecule has 0 aliphatic carbocycles. The number of nitrogens with zero attached hydrogens (tertiary/aromatic N) is 7. The Morgan fingerprint density at radius 2 is 2.03 bits per heavy atom. The summed E-state index contributed by atoms with van der Waals surface area (Å²) in [4.78, 5) is 32.1. The molecule has 10 nitrogen and oxygen atoms in total. The fraction of sp³-hybridized carbons (Fsp3) is 0.238. The summed E-state index contributed by atoms with van der Waals surface area (Å²) >= 11 is 1.27. The third-order valence-corrected chi connectivity index (χ3v) is 6.54. The van der Waals surface area contributed by atoms with Crippen molar-refractivity contribution in [3.63, 3.8) is 0 Å². The monoisotopic (exact) mass is 447 g/mol. The van der Waals surface area contributed by atoms with Gasteiger partial charge in [0.1, 0.15) is 10.5 Å². The number of hydrogen-bond donors (Lipinski definition) is 0. The molecule has 0 atom stereocenters. The number of aromatic nitrogens is 6. The molecule has 5 aromatic rings. The molecule has 5 heterocycles. The number of fused-ring (bicyclic) bond motifs is 2. The van der Waals surface area contributed by atoms with E-state index in [1.165, 1.54) is 22.1 Å². The van der Waals surface area contributed by atoms with E-state index in [2.05, 4.69) is 21.3 Å². The van der Waals surface area contributed by atoms with E-state index < -0.39 is 11.2 Å². The van der Waals surface area contributed by atoms with Crippen LogP contribution in [0.2, 0.25) is 0 Å². The topological polar surface area (TPSA) is 125 Å². The maximum absolute atomic E-state index is 13.6. The van der Waals surface area contributed by atoms with E-state index in [4.69, 9.17) is 9.78 Å². The summed E-state index contributed by atoms with van der Waals surface area (Å²) < 4.78 is 9.87. The molecular weight excluding hydrogens is 430 g/mol. The van der Waals surface area contributed by atoms with Crippen molar-refractivity contribution in [2.24, 2.45) is 7.05 Å².